The summed E-state index contributed by atoms with van der Waals surface area (Å²) in [5, 5.41) is 0. The average molecular weight is 953 g/mol. The summed E-state index contributed by atoms with van der Waals surface area (Å²) < 4.78 is 16.7. The molecule has 0 aliphatic heterocycles. The molecule has 0 aromatic rings. The minimum atomic E-state index is -0.854. The molecule has 0 rings (SSSR count). The van der Waals surface area contributed by atoms with Gasteiger partial charge in [0.2, 0.25) is 0 Å². The predicted molar refractivity (Wildman–Crippen MR) is 297 cm³/mol. The molecule has 0 aromatic carbocycles. The maximum atomic E-state index is 12.8. The second-order valence-electron chi connectivity index (χ2n) is 17.8. The lowest BCUT2D eigenvalue weighted by atomic mass is 10.1. The highest BCUT2D eigenvalue weighted by Crippen LogP contribution is 2.10. The highest BCUT2D eigenvalue weighted by atomic mass is 16.6. The van der Waals surface area contributed by atoms with Crippen LogP contribution in [0.25, 0.3) is 0 Å². The molecule has 69 heavy (non-hydrogen) atoms. The molecule has 0 fully saturated rings. The van der Waals surface area contributed by atoms with E-state index >= 15 is 0 Å². The van der Waals surface area contributed by atoms with Gasteiger partial charge in [-0.15, -0.1) is 0 Å². The van der Waals surface area contributed by atoms with Gasteiger partial charge in [-0.1, -0.05) is 212 Å². The summed E-state index contributed by atoms with van der Waals surface area (Å²) >= 11 is 0. The fourth-order valence-corrected chi connectivity index (χ4v) is 6.91. The highest BCUT2D eigenvalue weighted by molar-refractivity contribution is 5.71. The van der Waals surface area contributed by atoms with E-state index in [1.165, 1.54) is 96.3 Å². The van der Waals surface area contributed by atoms with Crippen molar-refractivity contribution in [3.63, 3.8) is 0 Å². The van der Waals surface area contributed by atoms with Gasteiger partial charge >= 0.3 is 17.9 Å². The Labute approximate surface area is 424 Å². The Morgan fingerprint density at radius 3 is 0.841 bits per heavy atom. The molecular formula is C63H100O6. The lowest BCUT2D eigenvalue weighted by Gasteiger charge is -2.18. The Kier molecular flexibility index (Phi) is 52.5. The summed E-state index contributed by atoms with van der Waals surface area (Å²) in [6, 6.07) is 0. The first-order chi connectivity index (χ1) is 34.0. The van der Waals surface area contributed by atoms with Crippen molar-refractivity contribution in [3.05, 3.63) is 134 Å². The number of esters is 3. The standard InChI is InChI=1S/C63H100O6/c1-4-7-10-13-16-19-22-25-28-31-34-37-40-43-46-49-52-55-61(64)67-58-60(69-63(66)57-54-51-48-45-42-39-36-33-30-27-24-21-18-15-12-9-6-3)59-68-62(65)56-53-50-47-44-41-38-35-32-29-26-23-20-17-14-11-8-5-2/h16,18-19,21,25-30,34-39,43-48,60H,4-15,17,20,22-24,31-33,40-42,49-59H2,1-3H3/b19-16-,21-18-,28-25-,29-26-,30-27-,37-34-,38-35-,39-36-,46-43-,47-44-,48-45-/t60-/m1/s1. The van der Waals surface area contributed by atoms with Crippen molar-refractivity contribution < 1.29 is 28.6 Å². The molecule has 0 amide bonds. The van der Waals surface area contributed by atoms with Gasteiger partial charge in [0.25, 0.3) is 0 Å². The molecule has 0 heterocycles. The number of allylic oxidation sites excluding steroid dienone is 22. The molecule has 0 bridgehead atoms. The number of carbonyl (C=O) groups is 3. The molecule has 0 unspecified atom stereocenters. The van der Waals surface area contributed by atoms with Gasteiger partial charge in [0.05, 0.1) is 0 Å². The molecule has 0 saturated heterocycles. The third-order valence-corrected chi connectivity index (χ3v) is 11.1. The molecule has 0 N–H and O–H groups in total. The van der Waals surface area contributed by atoms with Crippen LogP contribution in [0.2, 0.25) is 0 Å². The minimum Gasteiger partial charge on any atom is -0.462 e. The molecule has 6 nitrogen and oxygen atoms in total. The number of rotatable bonds is 48. The third kappa shape index (κ3) is 54.4. The SMILES string of the molecule is CCCCC/C=C\C/C=C\C/C=C\C/C=C\CCCC(=O)OC[C@H](COC(=O)CCC/C=C\C/C=C\C/C=C\CCCCCCCC)OC(=O)CCC/C=C\C/C=C\C/C=C\C/C=C\CCCCC. The third-order valence-electron chi connectivity index (χ3n) is 11.1. The van der Waals surface area contributed by atoms with E-state index in [-0.39, 0.29) is 44.4 Å². The summed E-state index contributed by atoms with van der Waals surface area (Å²) in [5.41, 5.74) is 0. The maximum Gasteiger partial charge on any atom is 0.306 e. The largest absolute Gasteiger partial charge is 0.462 e. The van der Waals surface area contributed by atoms with Gasteiger partial charge in [0.15, 0.2) is 6.10 Å². The molecule has 0 aromatic heterocycles. The van der Waals surface area contributed by atoms with Crippen LogP contribution in [-0.4, -0.2) is 37.2 Å². The summed E-state index contributed by atoms with van der Waals surface area (Å²) in [6.07, 6.45) is 78.8. The van der Waals surface area contributed by atoms with Crippen molar-refractivity contribution in [1.82, 2.24) is 0 Å². The fraction of sp³-hybridized carbons (Fsp3) is 0.603. The van der Waals surface area contributed by atoms with Crippen LogP contribution in [0, 0.1) is 0 Å². The van der Waals surface area contributed by atoms with E-state index in [1.807, 2.05) is 0 Å². The number of unbranched alkanes of at least 4 members (excludes halogenated alkanes) is 15. The molecular weight excluding hydrogens is 853 g/mol. The molecule has 388 valence electrons. The smallest absolute Gasteiger partial charge is 0.306 e. The van der Waals surface area contributed by atoms with E-state index < -0.39 is 12.1 Å². The summed E-state index contributed by atoms with van der Waals surface area (Å²) in [7, 11) is 0. The zero-order valence-corrected chi connectivity index (χ0v) is 44.3. The Morgan fingerprint density at radius 2 is 0.522 bits per heavy atom. The van der Waals surface area contributed by atoms with E-state index in [9.17, 15) is 14.4 Å². The molecule has 6 heteroatoms. The second-order valence-corrected chi connectivity index (χ2v) is 17.8. The number of ether oxygens (including phenoxy) is 3. The topological polar surface area (TPSA) is 78.9 Å². The molecule has 1 atom stereocenters. The van der Waals surface area contributed by atoms with Crippen LogP contribution in [0.1, 0.15) is 226 Å². The van der Waals surface area contributed by atoms with Gasteiger partial charge in [0.1, 0.15) is 13.2 Å². The van der Waals surface area contributed by atoms with E-state index in [2.05, 4.69) is 154 Å². The van der Waals surface area contributed by atoms with E-state index in [4.69, 9.17) is 14.2 Å². The van der Waals surface area contributed by atoms with Crippen molar-refractivity contribution in [2.24, 2.45) is 0 Å². The average Bonchev–Trinajstić information content (AvgIpc) is 3.35. The Balaban J connectivity index is 4.66. The van der Waals surface area contributed by atoms with Crippen LogP contribution >= 0.6 is 0 Å². The van der Waals surface area contributed by atoms with Crippen molar-refractivity contribution in [1.29, 1.82) is 0 Å². The summed E-state index contributed by atoms with van der Waals surface area (Å²) in [5.74, 6) is -1.12. The molecule has 0 aliphatic carbocycles. The van der Waals surface area contributed by atoms with Gasteiger partial charge in [-0.25, -0.2) is 0 Å². The Hall–Kier alpha value is -4.45. The van der Waals surface area contributed by atoms with E-state index in [0.717, 1.165) is 70.6 Å². The first-order valence-corrected chi connectivity index (χ1v) is 27.7. The zero-order chi connectivity index (χ0) is 50.0. The first kappa shape index (κ1) is 64.5. The van der Waals surface area contributed by atoms with Gasteiger partial charge in [-0.3, -0.25) is 14.4 Å². The Bertz CT molecular complexity index is 1510. The van der Waals surface area contributed by atoms with Crippen LogP contribution in [-0.2, 0) is 28.6 Å². The van der Waals surface area contributed by atoms with Crippen molar-refractivity contribution >= 4 is 17.9 Å². The van der Waals surface area contributed by atoms with Crippen molar-refractivity contribution in [3.8, 4) is 0 Å². The van der Waals surface area contributed by atoms with Crippen molar-refractivity contribution in [2.45, 2.75) is 232 Å². The van der Waals surface area contributed by atoms with Crippen molar-refractivity contribution in [2.75, 3.05) is 13.2 Å². The molecule has 0 spiro atoms. The maximum absolute atomic E-state index is 12.8. The summed E-state index contributed by atoms with van der Waals surface area (Å²) in [6.45, 7) is 6.42. The first-order valence-electron chi connectivity index (χ1n) is 27.7. The van der Waals surface area contributed by atoms with Gasteiger partial charge in [-0.05, 0) is 128 Å². The zero-order valence-electron chi connectivity index (χ0n) is 44.3. The summed E-state index contributed by atoms with van der Waals surface area (Å²) in [4.78, 5) is 38.0. The van der Waals surface area contributed by atoms with Crippen LogP contribution in [0.5, 0.6) is 0 Å². The Morgan fingerprint density at radius 1 is 0.290 bits per heavy atom. The molecule has 0 radical (unpaired) electrons. The van der Waals surface area contributed by atoms with Gasteiger partial charge in [-0.2, -0.15) is 0 Å². The van der Waals surface area contributed by atoms with E-state index in [1.54, 1.807) is 0 Å². The predicted octanol–water partition coefficient (Wildman–Crippen LogP) is 18.6. The van der Waals surface area contributed by atoms with Gasteiger partial charge in [0, 0.05) is 19.3 Å². The highest BCUT2D eigenvalue weighted by Gasteiger charge is 2.19. The van der Waals surface area contributed by atoms with Crippen LogP contribution in [0.4, 0.5) is 0 Å². The normalized spacial score (nSPS) is 13.1. The van der Waals surface area contributed by atoms with E-state index in [0.29, 0.717) is 19.3 Å². The monoisotopic (exact) mass is 953 g/mol. The van der Waals surface area contributed by atoms with Crippen LogP contribution in [0.3, 0.4) is 0 Å². The van der Waals surface area contributed by atoms with Gasteiger partial charge < -0.3 is 14.2 Å². The quantitative estimate of drug-likeness (QED) is 0.0262. The lowest BCUT2D eigenvalue weighted by molar-refractivity contribution is -0.166. The second kappa shape index (κ2) is 56.1. The fourth-order valence-electron chi connectivity index (χ4n) is 6.91. The van der Waals surface area contributed by atoms with Crippen LogP contribution in [0.15, 0.2) is 134 Å². The number of carbonyl (C=O) groups excluding carboxylic acids is 3. The molecule has 0 aliphatic rings. The van der Waals surface area contributed by atoms with Crippen LogP contribution < -0.4 is 0 Å². The minimum absolute atomic E-state index is 0.148. The number of hydrogen-bond donors (Lipinski definition) is 0. The molecule has 0 saturated carbocycles. The lowest BCUT2D eigenvalue weighted by Crippen LogP contribution is -2.30. The number of hydrogen-bond acceptors (Lipinski definition) is 6.